The van der Waals surface area contributed by atoms with Crippen molar-refractivity contribution in [3.05, 3.63) is 22.4 Å². The molecular weight excluding hydrogens is 521 g/mol. The molecule has 0 radical (unpaired) electrons. The van der Waals surface area contributed by atoms with Gasteiger partial charge in [0.2, 0.25) is 0 Å². The van der Waals surface area contributed by atoms with Crippen LogP contribution >= 0.6 is 39.9 Å². The molecule has 144 valence electrons. The van der Waals surface area contributed by atoms with Crippen molar-refractivity contribution in [3.63, 3.8) is 0 Å². The van der Waals surface area contributed by atoms with E-state index in [1.807, 2.05) is 20.3 Å². The zero-order valence-corrected chi connectivity index (χ0v) is 19.6. The lowest BCUT2D eigenvalue weighted by Gasteiger charge is -2.28. The van der Waals surface area contributed by atoms with Crippen LogP contribution in [0, 0.1) is 0 Å². The van der Waals surface area contributed by atoms with Crippen LogP contribution in [0.2, 0.25) is 0 Å². The monoisotopic (exact) mass is 547 g/mol. The van der Waals surface area contributed by atoms with Crippen molar-refractivity contribution in [2.24, 2.45) is 12.0 Å². The average molecular weight is 548 g/mol. The van der Waals surface area contributed by atoms with E-state index >= 15 is 0 Å². The molecule has 1 fully saturated rings. The summed E-state index contributed by atoms with van der Waals surface area (Å²) in [4.78, 5) is 8.57. The third-order valence-corrected chi connectivity index (χ3v) is 6.24. The lowest BCUT2D eigenvalue weighted by atomic mass is 10.4. The van der Waals surface area contributed by atoms with E-state index in [1.165, 1.54) is 5.69 Å². The van der Waals surface area contributed by atoms with Crippen molar-refractivity contribution in [3.8, 4) is 0 Å². The first-order valence-corrected chi connectivity index (χ1v) is 10.6. The summed E-state index contributed by atoms with van der Waals surface area (Å²) in [5, 5.41) is 3.35. The molecule has 1 aliphatic rings. The van der Waals surface area contributed by atoms with Crippen LogP contribution in [0.5, 0.6) is 0 Å². The lowest BCUT2D eigenvalue weighted by molar-refractivity contribution is 0.298. The predicted molar refractivity (Wildman–Crippen MR) is 116 cm³/mol. The molecule has 0 aromatic carbocycles. The molecule has 0 atom stereocenters. The molecule has 2 rings (SSSR count). The van der Waals surface area contributed by atoms with Gasteiger partial charge in [0.15, 0.2) is 15.8 Å². The van der Waals surface area contributed by atoms with Crippen molar-refractivity contribution >= 4 is 55.7 Å². The molecule has 0 aliphatic carbocycles. The number of sulfone groups is 1. The zero-order chi connectivity index (χ0) is 17.7. The highest BCUT2D eigenvalue weighted by Gasteiger charge is 2.21. The highest BCUT2D eigenvalue weighted by molar-refractivity contribution is 14.0. The summed E-state index contributed by atoms with van der Waals surface area (Å²) >= 11 is 3.49. The number of aliphatic imine (C=N–C) groups is 1. The van der Waals surface area contributed by atoms with Gasteiger partial charge in [-0.1, -0.05) is 0 Å². The molecule has 0 saturated carbocycles. The van der Waals surface area contributed by atoms with E-state index in [4.69, 9.17) is 0 Å². The molecule has 1 aromatic rings. The summed E-state index contributed by atoms with van der Waals surface area (Å²) < 4.78 is 26.0. The summed E-state index contributed by atoms with van der Waals surface area (Å²) in [5.74, 6) is 1.37. The van der Waals surface area contributed by atoms with E-state index in [0.29, 0.717) is 13.1 Å². The molecule has 7 nitrogen and oxygen atoms in total. The Balaban J connectivity index is 0.00000312. The van der Waals surface area contributed by atoms with Crippen LogP contribution in [-0.2, 0) is 23.4 Å². The molecule has 1 N–H and O–H groups in total. The fraction of sp³-hybridized carbons (Fsp3) is 0.667. The Kier molecular flexibility index (Phi) is 9.19. The third kappa shape index (κ3) is 7.06. The van der Waals surface area contributed by atoms with Crippen molar-refractivity contribution in [2.45, 2.75) is 6.54 Å². The number of hydrogen-bond donors (Lipinski definition) is 1. The van der Waals surface area contributed by atoms with E-state index in [-0.39, 0.29) is 35.5 Å². The fourth-order valence-corrected chi connectivity index (χ4v) is 4.57. The zero-order valence-electron chi connectivity index (χ0n) is 14.9. The smallest absolute Gasteiger partial charge is 0.193 e. The number of nitrogens with one attached hydrogen (secondary N) is 1. The Bertz CT molecular complexity index is 678. The molecule has 0 unspecified atom stereocenters. The molecule has 0 bridgehead atoms. The minimum atomic E-state index is -2.81. The standard InChI is InChI=1S/C15H26BrN5O2S.HI/c1-17-15(20(3)12-14-10-13(16)11-19(14)2)18-4-5-21-6-8-24(22,23)9-7-21;/h10-11H,4-9,12H2,1-3H3,(H,17,18);1H. The number of aryl methyl sites for hydroxylation is 1. The largest absolute Gasteiger partial charge is 0.355 e. The van der Waals surface area contributed by atoms with Crippen molar-refractivity contribution < 1.29 is 8.42 Å². The second-order valence-corrected chi connectivity index (χ2v) is 9.30. The van der Waals surface area contributed by atoms with Gasteiger partial charge in [0.25, 0.3) is 0 Å². The van der Waals surface area contributed by atoms with Gasteiger partial charge in [-0.15, -0.1) is 24.0 Å². The Morgan fingerprint density at radius 2 is 2.04 bits per heavy atom. The molecular formula is C15H27BrIN5O2S. The van der Waals surface area contributed by atoms with Crippen LogP contribution in [0.1, 0.15) is 5.69 Å². The normalized spacial score (nSPS) is 17.8. The van der Waals surface area contributed by atoms with Crippen LogP contribution in [0.15, 0.2) is 21.7 Å². The highest BCUT2D eigenvalue weighted by Crippen LogP contribution is 2.14. The molecule has 10 heteroatoms. The minimum Gasteiger partial charge on any atom is -0.355 e. The van der Waals surface area contributed by atoms with E-state index in [0.717, 1.165) is 30.1 Å². The molecule has 0 amide bonds. The van der Waals surface area contributed by atoms with Crippen molar-refractivity contribution in [2.75, 3.05) is 51.8 Å². The maximum Gasteiger partial charge on any atom is 0.193 e. The number of aromatic nitrogens is 1. The van der Waals surface area contributed by atoms with Gasteiger partial charge in [0, 0.05) is 63.7 Å². The predicted octanol–water partition coefficient (Wildman–Crippen LogP) is 1.14. The van der Waals surface area contributed by atoms with Crippen LogP contribution in [0.25, 0.3) is 0 Å². The summed E-state index contributed by atoms with van der Waals surface area (Å²) in [7, 11) is 2.99. The number of hydrogen-bond acceptors (Lipinski definition) is 4. The van der Waals surface area contributed by atoms with Gasteiger partial charge >= 0.3 is 0 Å². The molecule has 0 spiro atoms. The van der Waals surface area contributed by atoms with Crippen molar-refractivity contribution in [1.82, 2.24) is 19.7 Å². The summed E-state index contributed by atoms with van der Waals surface area (Å²) in [6.45, 7) is 3.56. The Morgan fingerprint density at radius 1 is 1.40 bits per heavy atom. The maximum absolute atomic E-state index is 11.4. The number of nitrogens with zero attached hydrogens (tertiary/aromatic N) is 4. The minimum absolute atomic E-state index is 0. The van der Waals surface area contributed by atoms with Gasteiger partial charge in [-0.3, -0.25) is 9.89 Å². The van der Waals surface area contributed by atoms with Gasteiger partial charge in [-0.05, 0) is 22.0 Å². The van der Waals surface area contributed by atoms with E-state index in [1.54, 1.807) is 7.05 Å². The highest BCUT2D eigenvalue weighted by atomic mass is 127. The van der Waals surface area contributed by atoms with E-state index < -0.39 is 9.84 Å². The molecule has 2 heterocycles. The summed E-state index contributed by atoms with van der Waals surface area (Å²) in [6.07, 6.45) is 2.03. The molecule has 25 heavy (non-hydrogen) atoms. The SMILES string of the molecule is CN=C(NCCN1CCS(=O)(=O)CC1)N(C)Cc1cc(Br)cn1C.I. The third-order valence-electron chi connectivity index (χ3n) is 4.20. The van der Waals surface area contributed by atoms with E-state index in [9.17, 15) is 8.42 Å². The Labute approximate surface area is 175 Å². The second-order valence-electron chi connectivity index (χ2n) is 6.08. The first kappa shape index (κ1) is 22.7. The number of guanidine groups is 1. The van der Waals surface area contributed by atoms with Crippen LogP contribution < -0.4 is 5.32 Å². The van der Waals surface area contributed by atoms with Gasteiger partial charge in [0.1, 0.15) is 0 Å². The van der Waals surface area contributed by atoms with Gasteiger partial charge in [-0.25, -0.2) is 8.42 Å². The van der Waals surface area contributed by atoms with Gasteiger partial charge in [-0.2, -0.15) is 0 Å². The van der Waals surface area contributed by atoms with Crippen LogP contribution in [-0.4, -0.2) is 80.5 Å². The second kappa shape index (κ2) is 10.1. The Hall–Kier alpha value is -0.330. The summed E-state index contributed by atoms with van der Waals surface area (Å²) in [5.41, 5.74) is 1.19. The first-order valence-electron chi connectivity index (χ1n) is 7.96. The molecule has 1 aromatic heterocycles. The van der Waals surface area contributed by atoms with Gasteiger partial charge < -0.3 is 14.8 Å². The lowest BCUT2D eigenvalue weighted by Crippen LogP contribution is -2.46. The molecule has 1 saturated heterocycles. The number of halogens is 2. The van der Waals surface area contributed by atoms with Gasteiger partial charge in [0.05, 0.1) is 18.1 Å². The molecule has 1 aliphatic heterocycles. The van der Waals surface area contributed by atoms with Crippen LogP contribution in [0.3, 0.4) is 0 Å². The Morgan fingerprint density at radius 3 is 2.56 bits per heavy atom. The first-order chi connectivity index (χ1) is 11.3. The summed E-state index contributed by atoms with van der Waals surface area (Å²) in [6, 6.07) is 2.10. The average Bonchev–Trinajstić information content (AvgIpc) is 2.82. The fourth-order valence-electron chi connectivity index (χ4n) is 2.73. The quantitative estimate of drug-likeness (QED) is 0.340. The van der Waals surface area contributed by atoms with E-state index in [2.05, 4.69) is 46.7 Å². The maximum atomic E-state index is 11.4. The van der Waals surface area contributed by atoms with Crippen molar-refractivity contribution in [1.29, 1.82) is 0 Å². The topological polar surface area (TPSA) is 69.9 Å². The van der Waals surface area contributed by atoms with Crippen LogP contribution in [0.4, 0.5) is 0 Å². The number of rotatable bonds is 5.